The first-order chi connectivity index (χ1) is 9.61. The molecule has 2 fully saturated rings. The van der Waals surface area contributed by atoms with Crippen molar-refractivity contribution in [3.8, 4) is 0 Å². The lowest BCUT2D eigenvalue weighted by molar-refractivity contribution is -0.144. The molecule has 2 rings (SSSR count). The smallest absolute Gasteiger partial charge is 0.317 e. The minimum atomic E-state index is -0.712. The minimum Gasteiger partial charge on any atom is -0.481 e. The van der Waals surface area contributed by atoms with Crippen LogP contribution in [-0.2, 0) is 4.79 Å². The summed E-state index contributed by atoms with van der Waals surface area (Å²) >= 11 is 0. The van der Waals surface area contributed by atoms with Crippen molar-refractivity contribution < 1.29 is 14.7 Å². The fourth-order valence-electron chi connectivity index (χ4n) is 3.46. The van der Waals surface area contributed by atoms with Crippen molar-refractivity contribution in [2.75, 3.05) is 19.6 Å². The molecule has 0 radical (unpaired) electrons. The number of nitrogens with zero attached hydrogens (tertiary/aromatic N) is 1. The number of nitrogens with one attached hydrogen (secondary N) is 1. The van der Waals surface area contributed by atoms with E-state index in [1.165, 1.54) is 0 Å². The maximum atomic E-state index is 12.1. The number of aliphatic carboxylic acids is 1. The van der Waals surface area contributed by atoms with Crippen LogP contribution in [0.5, 0.6) is 0 Å². The van der Waals surface area contributed by atoms with E-state index in [9.17, 15) is 14.7 Å². The second-order valence-electron chi connectivity index (χ2n) is 6.18. The Labute approximate surface area is 120 Å². The Morgan fingerprint density at radius 2 is 2.00 bits per heavy atom. The van der Waals surface area contributed by atoms with Gasteiger partial charge in [-0.25, -0.2) is 4.79 Å². The van der Waals surface area contributed by atoms with Crippen molar-refractivity contribution >= 4 is 12.0 Å². The van der Waals surface area contributed by atoms with Gasteiger partial charge in [0.25, 0.3) is 0 Å². The third-order valence-electron chi connectivity index (χ3n) is 4.89. The van der Waals surface area contributed by atoms with Crippen LogP contribution in [-0.4, -0.2) is 41.6 Å². The van der Waals surface area contributed by atoms with Gasteiger partial charge in [0.1, 0.15) is 0 Å². The van der Waals surface area contributed by atoms with Crippen LogP contribution in [0.3, 0.4) is 0 Å². The van der Waals surface area contributed by atoms with Crippen molar-refractivity contribution in [3.05, 3.63) is 0 Å². The molecule has 0 spiro atoms. The Kier molecular flexibility index (Phi) is 5.26. The van der Waals surface area contributed by atoms with Gasteiger partial charge in [-0.05, 0) is 31.1 Å². The molecule has 1 saturated heterocycles. The quantitative estimate of drug-likeness (QED) is 0.831. The minimum absolute atomic E-state index is 0.0179. The molecule has 0 aromatic carbocycles. The standard InChI is InChI=1S/C15H26N2O3/c1-2-11-7-8-17(10-11)15(20)16-9-12-5-3-4-6-13(12)14(18)19/h11-13H,2-10H2,1H3,(H,16,20)(H,18,19). The predicted molar refractivity (Wildman–Crippen MR) is 76.5 cm³/mol. The normalized spacial score (nSPS) is 30.2. The highest BCUT2D eigenvalue weighted by Crippen LogP contribution is 2.29. The van der Waals surface area contributed by atoms with Gasteiger partial charge in [0.2, 0.25) is 0 Å². The summed E-state index contributed by atoms with van der Waals surface area (Å²) in [6, 6.07) is -0.0179. The summed E-state index contributed by atoms with van der Waals surface area (Å²) in [5.41, 5.74) is 0. The van der Waals surface area contributed by atoms with Crippen LogP contribution in [0.15, 0.2) is 0 Å². The van der Waals surface area contributed by atoms with E-state index in [4.69, 9.17) is 0 Å². The maximum Gasteiger partial charge on any atom is 0.317 e. The molecule has 1 heterocycles. The predicted octanol–water partition coefficient (Wildman–Crippen LogP) is 2.32. The first kappa shape index (κ1) is 15.1. The third kappa shape index (κ3) is 3.64. The Bertz CT molecular complexity index is 359. The molecule has 1 aliphatic heterocycles. The molecular weight excluding hydrogens is 256 g/mol. The first-order valence-electron chi connectivity index (χ1n) is 7.87. The van der Waals surface area contributed by atoms with Gasteiger partial charge >= 0.3 is 12.0 Å². The van der Waals surface area contributed by atoms with Gasteiger partial charge < -0.3 is 15.3 Å². The summed E-state index contributed by atoms with van der Waals surface area (Å²) in [5.74, 6) is -0.279. The first-order valence-corrected chi connectivity index (χ1v) is 7.87. The van der Waals surface area contributed by atoms with E-state index in [0.717, 1.165) is 51.6 Å². The zero-order chi connectivity index (χ0) is 14.5. The van der Waals surface area contributed by atoms with E-state index in [1.54, 1.807) is 0 Å². The van der Waals surface area contributed by atoms with Gasteiger partial charge in [0.05, 0.1) is 5.92 Å². The fourth-order valence-corrected chi connectivity index (χ4v) is 3.46. The largest absolute Gasteiger partial charge is 0.481 e. The van der Waals surface area contributed by atoms with Crippen LogP contribution in [0.4, 0.5) is 4.79 Å². The number of carboxylic acid groups (broad SMARTS) is 1. The lowest BCUT2D eigenvalue weighted by atomic mass is 9.79. The lowest BCUT2D eigenvalue weighted by Crippen LogP contribution is -2.43. The van der Waals surface area contributed by atoms with E-state index < -0.39 is 5.97 Å². The number of carbonyl (C=O) groups is 2. The number of carbonyl (C=O) groups excluding carboxylic acids is 1. The monoisotopic (exact) mass is 282 g/mol. The number of urea groups is 1. The summed E-state index contributed by atoms with van der Waals surface area (Å²) in [4.78, 5) is 25.2. The van der Waals surface area contributed by atoms with E-state index in [2.05, 4.69) is 12.2 Å². The molecular formula is C15H26N2O3. The van der Waals surface area contributed by atoms with E-state index in [-0.39, 0.29) is 17.9 Å². The highest BCUT2D eigenvalue weighted by Gasteiger charge is 2.32. The molecule has 2 N–H and O–H groups in total. The van der Waals surface area contributed by atoms with Crippen LogP contribution < -0.4 is 5.32 Å². The average molecular weight is 282 g/mol. The lowest BCUT2D eigenvalue weighted by Gasteiger charge is -2.29. The highest BCUT2D eigenvalue weighted by molar-refractivity contribution is 5.75. The van der Waals surface area contributed by atoms with Crippen molar-refractivity contribution in [2.45, 2.75) is 45.4 Å². The highest BCUT2D eigenvalue weighted by atomic mass is 16.4. The molecule has 5 nitrogen and oxygen atoms in total. The molecule has 1 aliphatic carbocycles. The molecule has 2 aliphatic rings. The van der Waals surface area contributed by atoms with E-state index in [1.807, 2.05) is 4.90 Å². The molecule has 0 bridgehead atoms. The Morgan fingerprint density at radius 3 is 2.65 bits per heavy atom. The Morgan fingerprint density at radius 1 is 1.25 bits per heavy atom. The number of hydrogen-bond acceptors (Lipinski definition) is 2. The molecule has 3 unspecified atom stereocenters. The number of likely N-dealkylation sites (tertiary alicyclic amines) is 1. The molecule has 1 saturated carbocycles. The van der Waals surface area contributed by atoms with Gasteiger partial charge in [0, 0.05) is 19.6 Å². The molecule has 2 amide bonds. The van der Waals surface area contributed by atoms with E-state index >= 15 is 0 Å². The van der Waals surface area contributed by atoms with Gasteiger partial charge in [0.15, 0.2) is 0 Å². The van der Waals surface area contributed by atoms with Crippen LogP contribution in [0.2, 0.25) is 0 Å². The van der Waals surface area contributed by atoms with Crippen LogP contribution in [0.1, 0.15) is 45.4 Å². The molecule has 114 valence electrons. The van der Waals surface area contributed by atoms with Gasteiger partial charge in [-0.1, -0.05) is 26.2 Å². The summed E-state index contributed by atoms with van der Waals surface area (Å²) in [6.45, 7) is 4.33. The van der Waals surface area contributed by atoms with Gasteiger partial charge in [-0.3, -0.25) is 4.79 Å². The average Bonchev–Trinajstić information content (AvgIpc) is 2.94. The number of amides is 2. The SMILES string of the molecule is CCC1CCN(C(=O)NCC2CCCCC2C(=O)O)C1. The Balaban J connectivity index is 1.79. The molecule has 5 heteroatoms. The van der Waals surface area contributed by atoms with Crippen molar-refractivity contribution in [1.82, 2.24) is 10.2 Å². The molecule has 0 aromatic heterocycles. The summed E-state index contributed by atoms with van der Waals surface area (Å²) in [7, 11) is 0. The number of rotatable bonds is 4. The zero-order valence-corrected chi connectivity index (χ0v) is 12.3. The Hall–Kier alpha value is -1.26. The fraction of sp³-hybridized carbons (Fsp3) is 0.867. The summed E-state index contributed by atoms with van der Waals surface area (Å²) in [6.07, 6.45) is 5.93. The zero-order valence-electron chi connectivity index (χ0n) is 12.3. The molecule has 0 aromatic rings. The van der Waals surface area contributed by atoms with Crippen molar-refractivity contribution in [1.29, 1.82) is 0 Å². The van der Waals surface area contributed by atoms with Crippen molar-refractivity contribution in [2.24, 2.45) is 17.8 Å². The van der Waals surface area contributed by atoms with Crippen LogP contribution in [0, 0.1) is 17.8 Å². The number of hydrogen-bond donors (Lipinski definition) is 2. The third-order valence-corrected chi connectivity index (χ3v) is 4.89. The van der Waals surface area contributed by atoms with Gasteiger partial charge in [-0.15, -0.1) is 0 Å². The second-order valence-corrected chi connectivity index (χ2v) is 6.18. The van der Waals surface area contributed by atoms with Crippen molar-refractivity contribution in [3.63, 3.8) is 0 Å². The number of carboxylic acids is 1. The molecule has 3 atom stereocenters. The van der Waals surface area contributed by atoms with Gasteiger partial charge in [-0.2, -0.15) is 0 Å². The summed E-state index contributed by atoms with van der Waals surface area (Å²) < 4.78 is 0. The summed E-state index contributed by atoms with van der Waals surface area (Å²) in [5, 5.41) is 12.2. The van der Waals surface area contributed by atoms with Crippen LogP contribution in [0.25, 0.3) is 0 Å². The van der Waals surface area contributed by atoms with E-state index in [0.29, 0.717) is 12.5 Å². The second kappa shape index (κ2) is 6.95. The molecule has 20 heavy (non-hydrogen) atoms. The maximum absolute atomic E-state index is 12.1. The topological polar surface area (TPSA) is 69.6 Å². The van der Waals surface area contributed by atoms with Crippen LogP contribution >= 0.6 is 0 Å².